The fourth-order valence-corrected chi connectivity index (χ4v) is 3.02. The fraction of sp³-hybridized carbons (Fsp3) is 0.462. The van der Waals surface area contributed by atoms with E-state index in [9.17, 15) is 9.59 Å². The SMILES string of the molecule is CC(C)OCc1nnc(C(C)NC(=O)Nc2cnc(C(N)=O)s2)s1. The van der Waals surface area contributed by atoms with Crippen LogP contribution in [0.3, 0.4) is 0 Å². The number of primary amides is 1. The van der Waals surface area contributed by atoms with Gasteiger partial charge in [0.25, 0.3) is 5.91 Å². The lowest BCUT2D eigenvalue weighted by molar-refractivity contribution is 0.0652. The molecule has 0 aliphatic heterocycles. The van der Waals surface area contributed by atoms with Gasteiger partial charge in [-0.15, -0.1) is 10.2 Å². The van der Waals surface area contributed by atoms with Gasteiger partial charge in [0.2, 0.25) is 0 Å². The minimum absolute atomic E-state index is 0.114. The summed E-state index contributed by atoms with van der Waals surface area (Å²) in [4.78, 5) is 26.8. The lowest BCUT2D eigenvalue weighted by Gasteiger charge is -2.10. The zero-order valence-corrected chi connectivity index (χ0v) is 15.0. The van der Waals surface area contributed by atoms with Crippen molar-refractivity contribution in [3.63, 3.8) is 0 Å². The van der Waals surface area contributed by atoms with Crippen LogP contribution in [0, 0.1) is 0 Å². The summed E-state index contributed by atoms with van der Waals surface area (Å²) >= 11 is 2.38. The molecular formula is C13H18N6O3S2. The van der Waals surface area contributed by atoms with Crippen LogP contribution in [0.25, 0.3) is 0 Å². The molecule has 2 aromatic heterocycles. The Morgan fingerprint density at radius 2 is 2.04 bits per heavy atom. The topological polar surface area (TPSA) is 132 Å². The molecule has 9 nitrogen and oxygen atoms in total. The third-order valence-corrected chi connectivity index (χ3v) is 4.70. The minimum Gasteiger partial charge on any atom is -0.372 e. The molecule has 2 heterocycles. The molecule has 3 amide bonds. The summed E-state index contributed by atoms with van der Waals surface area (Å²) in [6.07, 6.45) is 1.49. The number of nitrogens with one attached hydrogen (secondary N) is 2. The lowest BCUT2D eigenvalue weighted by Crippen LogP contribution is -2.30. The van der Waals surface area contributed by atoms with Gasteiger partial charge in [-0.25, -0.2) is 9.78 Å². The van der Waals surface area contributed by atoms with E-state index < -0.39 is 11.9 Å². The number of amides is 3. The molecule has 0 radical (unpaired) electrons. The van der Waals surface area contributed by atoms with Crippen LogP contribution in [0.2, 0.25) is 0 Å². The van der Waals surface area contributed by atoms with Gasteiger partial charge >= 0.3 is 6.03 Å². The average Bonchev–Trinajstić information content (AvgIpc) is 3.13. The van der Waals surface area contributed by atoms with Crippen LogP contribution in [-0.2, 0) is 11.3 Å². The number of anilines is 1. The standard InChI is InChI=1S/C13H18N6O3S2/c1-6(2)22-5-9-18-19-11(24-9)7(3)16-13(21)17-8-4-15-12(23-8)10(14)20/h4,6-7H,5H2,1-3H3,(H2,14,20)(H2,16,17,21). The predicted octanol–water partition coefficient (Wildman–Crippen LogP) is 1.90. The maximum absolute atomic E-state index is 12.0. The summed E-state index contributed by atoms with van der Waals surface area (Å²) in [7, 11) is 0. The number of carbonyl (C=O) groups excluding carboxylic acids is 2. The van der Waals surface area contributed by atoms with E-state index in [1.165, 1.54) is 17.5 Å². The molecule has 0 aliphatic carbocycles. The normalized spacial score (nSPS) is 12.2. The highest BCUT2D eigenvalue weighted by atomic mass is 32.1. The summed E-state index contributed by atoms with van der Waals surface area (Å²) in [5, 5.41) is 15.4. The van der Waals surface area contributed by atoms with E-state index >= 15 is 0 Å². The zero-order valence-electron chi connectivity index (χ0n) is 13.4. The van der Waals surface area contributed by atoms with Crippen LogP contribution < -0.4 is 16.4 Å². The molecule has 1 atom stereocenters. The van der Waals surface area contributed by atoms with Crippen molar-refractivity contribution in [1.29, 1.82) is 0 Å². The molecule has 1 unspecified atom stereocenters. The molecule has 0 bridgehead atoms. The third-order valence-electron chi connectivity index (χ3n) is 2.69. The van der Waals surface area contributed by atoms with Gasteiger partial charge in [-0.05, 0) is 20.8 Å². The molecule has 0 saturated heterocycles. The highest BCUT2D eigenvalue weighted by Gasteiger charge is 2.16. The van der Waals surface area contributed by atoms with E-state index in [1.807, 2.05) is 13.8 Å². The number of thiazole rings is 1. The zero-order chi connectivity index (χ0) is 17.7. The number of urea groups is 1. The Morgan fingerprint density at radius 3 is 2.67 bits per heavy atom. The molecule has 24 heavy (non-hydrogen) atoms. The van der Waals surface area contributed by atoms with E-state index in [0.29, 0.717) is 16.6 Å². The predicted molar refractivity (Wildman–Crippen MR) is 91.0 cm³/mol. The summed E-state index contributed by atoms with van der Waals surface area (Å²) in [6, 6.07) is -0.754. The molecule has 2 aromatic rings. The van der Waals surface area contributed by atoms with Crippen molar-refractivity contribution in [2.45, 2.75) is 39.5 Å². The van der Waals surface area contributed by atoms with Gasteiger partial charge in [0.15, 0.2) is 5.01 Å². The first kappa shape index (κ1) is 18.2. The van der Waals surface area contributed by atoms with Gasteiger partial charge in [0.05, 0.1) is 18.3 Å². The number of hydrogen-bond acceptors (Lipinski definition) is 8. The number of nitrogens with two attached hydrogens (primary N) is 1. The lowest BCUT2D eigenvalue weighted by atomic mass is 10.4. The van der Waals surface area contributed by atoms with Crippen LogP contribution in [0.15, 0.2) is 6.20 Å². The number of carbonyl (C=O) groups is 2. The Morgan fingerprint density at radius 1 is 1.29 bits per heavy atom. The molecule has 0 spiro atoms. The van der Waals surface area contributed by atoms with Crippen molar-refractivity contribution in [2.75, 3.05) is 5.32 Å². The van der Waals surface area contributed by atoms with Crippen molar-refractivity contribution in [3.05, 3.63) is 21.2 Å². The Bertz CT molecular complexity index is 714. The van der Waals surface area contributed by atoms with E-state index in [4.69, 9.17) is 10.5 Å². The first-order valence-electron chi connectivity index (χ1n) is 7.12. The highest BCUT2D eigenvalue weighted by molar-refractivity contribution is 7.17. The smallest absolute Gasteiger partial charge is 0.320 e. The summed E-state index contributed by atoms with van der Waals surface area (Å²) in [5.74, 6) is -0.633. The summed E-state index contributed by atoms with van der Waals surface area (Å²) < 4.78 is 5.47. The Kier molecular flexibility index (Phi) is 6.17. The van der Waals surface area contributed by atoms with Gasteiger partial charge in [0, 0.05) is 0 Å². The van der Waals surface area contributed by atoms with Crippen LogP contribution in [0.1, 0.15) is 46.6 Å². The maximum atomic E-state index is 12.0. The van der Waals surface area contributed by atoms with Crippen molar-refractivity contribution >= 4 is 39.6 Å². The van der Waals surface area contributed by atoms with E-state index in [2.05, 4.69) is 25.8 Å². The van der Waals surface area contributed by atoms with E-state index in [1.54, 1.807) is 6.92 Å². The quantitative estimate of drug-likeness (QED) is 0.682. The van der Waals surface area contributed by atoms with Gasteiger partial charge in [-0.3, -0.25) is 10.1 Å². The van der Waals surface area contributed by atoms with Crippen molar-refractivity contribution in [3.8, 4) is 0 Å². The second kappa shape index (κ2) is 8.13. The largest absolute Gasteiger partial charge is 0.372 e. The van der Waals surface area contributed by atoms with Crippen LogP contribution >= 0.6 is 22.7 Å². The van der Waals surface area contributed by atoms with Gasteiger partial charge < -0.3 is 15.8 Å². The summed E-state index contributed by atoms with van der Waals surface area (Å²) in [5.41, 5.74) is 5.12. The van der Waals surface area contributed by atoms with Crippen LogP contribution in [-0.4, -0.2) is 33.2 Å². The number of aromatic nitrogens is 3. The van der Waals surface area contributed by atoms with Gasteiger partial charge in [0.1, 0.15) is 21.6 Å². The minimum atomic E-state index is -0.633. The Labute approximate surface area is 146 Å². The molecular weight excluding hydrogens is 352 g/mol. The molecule has 11 heteroatoms. The average molecular weight is 370 g/mol. The maximum Gasteiger partial charge on any atom is 0.320 e. The van der Waals surface area contributed by atoms with Crippen molar-refractivity contribution in [2.24, 2.45) is 5.73 Å². The van der Waals surface area contributed by atoms with Crippen molar-refractivity contribution < 1.29 is 14.3 Å². The van der Waals surface area contributed by atoms with Gasteiger partial charge in [-0.2, -0.15) is 0 Å². The highest BCUT2D eigenvalue weighted by Crippen LogP contribution is 2.20. The first-order chi connectivity index (χ1) is 11.3. The molecule has 0 fully saturated rings. The molecule has 130 valence electrons. The van der Waals surface area contributed by atoms with E-state index in [-0.39, 0.29) is 17.2 Å². The van der Waals surface area contributed by atoms with Gasteiger partial charge in [-0.1, -0.05) is 22.7 Å². The molecule has 0 aliphatic rings. The van der Waals surface area contributed by atoms with Crippen LogP contribution in [0.5, 0.6) is 0 Å². The summed E-state index contributed by atoms with van der Waals surface area (Å²) in [6.45, 7) is 6.08. The number of nitrogens with zero attached hydrogens (tertiary/aromatic N) is 3. The molecule has 2 rings (SSSR count). The second-order valence-electron chi connectivity index (χ2n) is 5.11. The second-order valence-corrected chi connectivity index (χ2v) is 7.23. The molecule has 0 aromatic carbocycles. The Hall–Kier alpha value is -2.11. The fourth-order valence-electron chi connectivity index (χ4n) is 1.59. The van der Waals surface area contributed by atoms with E-state index in [0.717, 1.165) is 16.3 Å². The monoisotopic (exact) mass is 370 g/mol. The van der Waals surface area contributed by atoms with Crippen LogP contribution in [0.4, 0.5) is 9.80 Å². The number of ether oxygens (including phenoxy) is 1. The first-order valence-corrected chi connectivity index (χ1v) is 8.75. The number of rotatable bonds is 7. The molecule has 4 N–H and O–H groups in total. The van der Waals surface area contributed by atoms with Crippen molar-refractivity contribution in [1.82, 2.24) is 20.5 Å². The number of hydrogen-bond donors (Lipinski definition) is 3. The molecule has 0 saturated carbocycles. The Balaban J connectivity index is 1.87. The third kappa shape index (κ3) is 5.22.